The van der Waals surface area contributed by atoms with Crippen LogP contribution in [0.5, 0.6) is 0 Å². The Labute approximate surface area is 186 Å². The van der Waals surface area contributed by atoms with Crippen molar-refractivity contribution in [3.05, 3.63) is 82.6 Å². The van der Waals surface area contributed by atoms with Gasteiger partial charge in [-0.2, -0.15) is 0 Å². The molecule has 0 saturated carbocycles. The van der Waals surface area contributed by atoms with E-state index in [1.807, 2.05) is 19.3 Å². The van der Waals surface area contributed by atoms with E-state index in [0.717, 1.165) is 56.2 Å². The minimum Gasteiger partial charge on any atom is -0.395 e. The maximum Gasteiger partial charge on any atom is 0.0603 e. The lowest BCUT2D eigenvalue weighted by Crippen LogP contribution is -2.37. The molecule has 0 fully saturated rings. The van der Waals surface area contributed by atoms with Crippen molar-refractivity contribution < 1.29 is 5.11 Å². The third-order valence-electron chi connectivity index (χ3n) is 5.42. The Kier molecular flexibility index (Phi) is 8.76. The molecule has 6 heteroatoms. The Morgan fingerprint density at radius 2 is 1.68 bits per heavy atom. The lowest BCUT2D eigenvalue weighted by molar-refractivity contribution is 0.189. The van der Waals surface area contributed by atoms with E-state index in [0.29, 0.717) is 6.54 Å². The quantitative estimate of drug-likeness (QED) is 0.544. The average Bonchev–Trinajstić information content (AvgIpc) is 2.76. The molecule has 2 aromatic rings. The molecule has 2 N–H and O–H groups in total. The molecular formula is C25H35N5O. The van der Waals surface area contributed by atoms with Crippen molar-refractivity contribution in [2.75, 3.05) is 39.3 Å². The van der Waals surface area contributed by atoms with Crippen molar-refractivity contribution >= 4 is 0 Å². The van der Waals surface area contributed by atoms with Gasteiger partial charge >= 0.3 is 0 Å². The second kappa shape index (κ2) is 11.7. The minimum atomic E-state index is 0.151. The smallest absolute Gasteiger partial charge is 0.0603 e. The molecule has 166 valence electrons. The number of hydrogen-bond acceptors (Lipinski definition) is 6. The number of rotatable bonds is 11. The largest absolute Gasteiger partial charge is 0.395 e. The molecule has 0 radical (unpaired) electrons. The normalized spacial score (nSPS) is 14.0. The lowest BCUT2D eigenvalue weighted by Gasteiger charge is -2.30. The molecule has 3 heterocycles. The number of nitrogens with zero attached hydrogens (tertiary/aromatic N) is 4. The van der Waals surface area contributed by atoms with Gasteiger partial charge in [0, 0.05) is 57.4 Å². The van der Waals surface area contributed by atoms with Crippen LogP contribution in [0.15, 0.2) is 60.1 Å². The van der Waals surface area contributed by atoms with Gasteiger partial charge in [-0.25, -0.2) is 0 Å². The van der Waals surface area contributed by atoms with E-state index in [-0.39, 0.29) is 6.61 Å². The number of nitrogens with one attached hydrogen (secondary N) is 1. The highest BCUT2D eigenvalue weighted by Crippen LogP contribution is 2.17. The Morgan fingerprint density at radius 3 is 2.32 bits per heavy atom. The molecule has 0 saturated heterocycles. The maximum absolute atomic E-state index is 9.43. The van der Waals surface area contributed by atoms with Gasteiger partial charge in [-0.3, -0.25) is 14.9 Å². The van der Waals surface area contributed by atoms with Crippen molar-refractivity contribution in [2.24, 2.45) is 0 Å². The van der Waals surface area contributed by atoms with Crippen LogP contribution in [-0.4, -0.2) is 64.2 Å². The molecule has 3 rings (SSSR count). The molecule has 1 aliphatic rings. The summed E-state index contributed by atoms with van der Waals surface area (Å²) < 4.78 is 0. The second-order valence-corrected chi connectivity index (χ2v) is 8.36. The fourth-order valence-corrected chi connectivity index (χ4v) is 3.60. The van der Waals surface area contributed by atoms with Gasteiger partial charge in [0.1, 0.15) is 0 Å². The van der Waals surface area contributed by atoms with Crippen LogP contribution < -0.4 is 5.32 Å². The molecule has 1 aliphatic heterocycles. The van der Waals surface area contributed by atoms with Gasteiger partial charge in [-0.1, -0.05) is 23.8 Å². The number of aryl methyl sites for hydroxylation is 2. The summed E-state index contributed by atoms with van der Waals surface area (Å²) in [6.45, 7) is 12.1. The van der Waals surface area contributed by atoms with Crippen LogP contribution >= 0.6 is 0 Å². The van der Waals surface area contributed by atoms with Crippen LogP contribution in [0.2, 0.25) is 0 Å². The highest BCUT2D eigenvalue weighted by molar-refractivity contribution is 5.25. The lowest BCUT2D eigenvalue weighted by atomic mass is 10.1. The molecule has 2 aromatic heterocycles. The molecule has 0 unspecified atom stereocenters. The SMILES string of the molecule is CC1=CC=C(CNCCN(CCO)Cc2ccc(C)cn2)N(Cc2ccc(C)cn2)C1. The summed E-state index contributed by atoms with van der Waals surface area (Å²) in [5, 5.41) is 13.0. The maximum atomic E-state index is 9.43. The summed E-state index contributed by atoms with van der Waals surface area (Å²) in [5.74, 6) is 0. The summed E-state index contributed by atoms with van der Waals surface area (Å²) in [6.07, 6.45) is 8.24. The molecule has 0 aliphatic carbocycles. The highest BCUT2D eigenvalue weighted by atomic mass is 16.3. The van der Waals surface area contributed by atoms with Gasteiger partial charge < -0.3 is 15.3 Å². The second-order valence-electron chi connectivity index (χ2n) is 8.36. The van der Waals surface area contributed by atoms with Crippen LogP contribution in [0.3, 0.4) is 0 Å². The summed E-state index contributed by atoms with van der Waals surface area (Å²) >= 11 is 0. The minimum absolute atomic E-state index is 0.151. The van der Waals surface area contributed by atoms with E-state index < -0.39 is 0 Å². The van der Waals surface area contributed by atoms with Gasteiger partial charge in [-0.05, 0) is 50.1 Å². The zero-order valence-corrected chi connectivity index (χ0v) is 19.0. The van der Waals surface area contributed by atoms with E-state index in [1.54, 1.807) is 0 Å². The van der Waals surface area contributed by atoms with Crippen molar-refractivity contribution in [3.63, 3.8) is 0 Å². The predicted octanol–water partition coefficient (Wildman–Crippen LogP) is 2.82. The number of hydrogen-bond donors (Lipinski definition) is 2. The van der Waals surface area contributed by atoms with E-state index in [9.17, 15) is 5.11 Å². The predicted molar refractivity (Wildman–Crippen MR) is 125 cm³/mol. The Hall–Kier alpha value is -2.54. The van der Waals surface area contributed by atoms with E-state index in [4.69, 9.17) is 0 Å². The zero-order chi connectivity index (χ0) is 22.1. The summed E-state index contributed by atoms with van der Waals surface area (Å²) in [7, 11) is 0. The molecular weight excluding hydrogens is 386 g/mol. The number of aliphatic hydroxyl groups is 1. The molecule has 0 atom stereocenters. The van der Waals surface area contributed by atoms with Crippen LogP contribution in [0.4, 0.5) is 0 Å². The topological polar surface area (TPSA) is 64.5 Å². The van der Waals surface area contributed by atoms with Crippen molar-refractivity contribution in [1.82, 2.24) is 25.1 Å². The zero-order valence-electron chi connectivity index (χ0n) is 19.0. The third kappa shape index (κ3) is 7.58. The number of allylic oxidation sites excluding steroid dienone is 2. The fraction of sp³-hybridized carbons (Fsp3) is 0.440. The first-order valence-electron chi connectivity index (χ1n) is 11.0. The Morgan fingerprint density at radius 1 is 0.968 bits per heavy atom. The first-order valence-corrected chi connectivity index (χ1v) is 11.0. The van der Waals surface area contributed by atoms with Gasteiger partial charge in [0.05, 0.1) is 24.5 Å². The molecule has 0 amide bonds. The molecule has 6 nitrogen and oxygen atoms in total. The number of aromatic nitrogens is 2. The van der Waals surface area contributed by atoms with E-state index in [1.165, 1.54) is 16.8 Å². The molecule has 0 spiro atoms. The van der Waals surface area contributed by atoms with Crippen molar-refractivity contribution in [1.29, 1.82) is 0 Å². The Bertz CT molecular complexity index is 874. The number of aliphatic hydroxyl groups excluding tert-OH is 1. The van der Waals surface area contributed by atoms with Gasteiger partial charge in [0.25, 0.3) is 0 Å². The van der Waals surface area contributed by atoms with Crippen molar-refractivity contribution in [2.45, 2.75) is 33.9 Å². The summed E-state index contributed by atoms with van der Waals surface area (Å²) in [6, 6.07) is 8.38. The molecule has 31 heavy (non-hydrogen) atoms. The average molecular weight is 422 g/mol. The highest BCUT2D eigenvalue weighted by Gasteiger charge is 2.15. The third-order valence-corrected chi connectivity index (χ3v) is 5.42. The van der Waals surface area contributed by atoms with Crippen LogP contribution in [-0.2, 0) is 13.1 Å². The summed E-state index contributed by atoms with van der Waals surface area (Å²) in [5.41, 5.74) is 7.11. The first kappa shape index (κ1) is 23.1. The van der Waals surface area contributed by atoms with Gasteiger partial charge in [-0.15, -0.1) is 0 Å². The molecule has 0 bridgehead atoms. The van der Waals surface area contributed by atoms with Crippen LogP contribution in [0, 0.1) is 13.8 Å². The summed E-state index contributed by atoms with van der Waals surface area (Å²) in [4.78, 5) is 13.7. The fourth-order valence-electron chi connectivity index (χ4n) is 3.60. The van der Waals surface area contributed by atoms with Gasteiger partial charge in [0.2, 0.25) is 0 Å². The van der Waals surface area contributed by atoms with Crippen LogP contribution in [0.1, 0.15) is 29.4 Å². The monoisotopic (exact) mass is 421 g/mol. The first-order chi connectivity index (χ1) is 15.0. The van der Waals surface area contributed by atoms with E-state index >= 15 is 0 Å². The van der Waals surface area contributed by atoms with Crippen molar-refractivity contribution in [3.8, 4) is 0 Å². The number of pyridine rings is 2. The van der Waals surface area contributed by atoms with Gasteiger partial charge in [0.15, 0.2) is 0 Å². The molecule has 0 aromatic carbocycles. The Balaban J connectivity index is 1.50. The standard InChI is InChI=1S/C25H35N5O/c1-20-4-7-23(27-14-20)18-29(12-13-31)11-10-26-16-25-9-6-22(3)17-30(25)19-24-8-5-21(2)15-28-24/h4-9,14-15,26,31H,10-13,16-19H2,1-3H3. The van der Waals surface area contributed by atoms with E-state index in [2.05, 4.69) is 75.3 Å². The van der Waals surface area contributed by atoms with Crippen LogP contribution in [0.25, 0.3) is 0 Å².